The molecule has 1 atom stereocenters. The zero-order valence-electron chi connectivity index (χ0n) is 45.9. The fraction of sp³-hybridized carbons (Fsp3) is 0.646. The summed E-state index contributed by atoms with van der Waals surface area (Å²) in [5.41, 5.74) is 0. The number of carbonyl (C=O) groups excluding carboxylic acids is 3. The van der Waals surface area contributed by atoms with Crippen molar-refractivity contribution in [3.63, 3.8) is 0 Å². The van der Waals surface area contributed by atoms with Crippen LogP contribution >= 0.6 is 0 Å². The summed E-state index contributed by atoms with van der Waals surface area (Å²) < 4.78 is 16.8. The second kappa shape index (κ2) is 58.4. The van der Waals surface area contributed by atoms with E-state index in [1.807, 2.05) is 0 Å². The van der Waals surface area contributed by atoms with E-state index in [4.69, 9.17) is 14.2 Å². The average Bonchev–Trinajstić information content (AvgIpc) is 3.37. The lowest BCUT2D eigenvalue weighted by Crippen LogP contribution is -2.30. The molecule has 0 rings (SSSR count). The molecule has 6 nitrogen and oxygen atoms in total. The predicted molar refractivity (Wildman–Crippen MR) is 306 cm³/mol. The van der Waals surface area contributed by atoms with Crippen LogP contribution in [0.25, 0.3) is 0 Å². The zero-order valence-corrected chi connectivity index (χ0v) is 45.9. The second-order valence-electron chi connectivity index (χ2n) is 18.8. The number of esters is 3. The van der Waals surface area contributed by atoms with Gasteiger partial charge in [-0.3, -0.25) is 14.4 Å². The van der Waals surface area contributed by atoms with Crippen LogP contribution in [0.5, 0.6) is 0 Å². The predicted octanol–water partition coefficient (Wildman–Crippen LogP) is 19.6. The third-order valence-electron chi connectivity index (χ3n) is 11.9. The highest BCUT2D eigenvalue weighted by molar-refractivity contribution is 5.71. The average molecular weight is 984 g/mol. The molecule has 6 heteroatoms. The van der Waals surface area contributed by atoms with Crippen LogP contribution in [0.15, 0.2) is 122 Å². The van der Waals surface area contributed by atoms with Crippen molar-refractivity contribution in [2.75, 3.05) is 13.2 Å². The van der Waals surface area contributed by atoms with Gasteiger partial charge in [-0.05, 0) is 135 Å². The Morgan fingerprint density at radius 3 is 0.873 bits per heavy atom. The van der Waals surface area contributed by atoms with Crippen LogP contribution in [0.4, 0.5) is 0 Å². The molecule has 0 aromatic carbocycles. The fourth-order valence-corrected chi connectivity index (χ4v) is 7.56. The van der Waals surface area contributed by atoms with Crippen LogP contribution in [0.2, 0.25) is 0 Å². The van der Waals surface area contributed by atoms with Crippen molar-refractivity contribution in [1.82, 2.24) is 0 Å². The Kier molecular flexibility index (Phi) is 54.9. The highest BCUT2D eigenvalue weighted by atomic mass is 16.6. The van der Waals surface area contributed by atoms with Gasteiger partial charge in [0.05, 0.1) is 0 Å². The third-order valence-corrected chi connectivity index (χ3v) is 11.9. The molecule has 0 saturated heterocycles. The normalized spacial score (nSPS) is 13.0. The van der Waals surface area contributed by atoms with Crippen LogP contribution in [0.3, 0.4) is 0 Å². The first kappa shape index (κ1) is 66.8. The van der Waals surface area contributed by atoms with Gasteiger partial charge in [0.15, 0.2) is 6.10 Å². The summed E-state index contributed by atoms with van der Waals surface area (Å²) in [5.74, 6) is -0.970. The van der Waals surface area contributed by atoms with Gasteiger partial charge in [0.2, 0.25) is 0 Å². The van der Waals surface area contributed by atoms with E-state index >= 15 is 0 Å². The smallest absolute Gasteiger partial charge is 0.306 e. The molecule has 0 aliphatic carbocycles. The van der Waals surface area contributed by atoms with Crippen LogP contribution < -0.4 is 0 Å². The first-order valence-electron chi connectivity index (χ1n) is 29.0. The topological polar surface area (TPSA) is 78.9 Å². The van der Waals surface area contributed by atoms with E-state index in [0.29, 0.717) is 12.8 Å². The lowest BCUT2D eigenvalue weighted by Gasteiger charge is -2.18. The standard InChI is InChI=1S/C65H106O6/c1-4-7-10-13-16-19-22-25-28-31-32-35-38-41-44-47-50-53-56-59-65(68)71-62(60-69-63(66)57-54-51-48-45-42-39-36-33-29-26-23-20-17-14-11-8-5-2)61-70-64(67)58-55-52-49-46-43-40-37-34-30-27-24-21-18-15-12-9-6-3/h8,11,16-21,25-30,32,35-36,39,41,44,62H,4-7,9-10,12-15,22-24,31,33-34,37-38,40,42-43,45-61H2,1-3H3/b11-8-,19-16-,20-17-,21-18-,28-25-,29-26-,30-27-,35-32-,39-36-,44-41-/t62-/m1/s1. The Morgan fingerprint density at radius 2 is 0.549 bits per heavy atom. The Hall–Kier alpha value is -4.19. The summed E-state index contributed by atoms with van der Waals surface area (Å²) in [6, 6.07) is 0. The zero-order chi connectivity index (χ0) is 51.4. The second-order valence-corrected chi connectivity index (χ2v) is 18.8. The summed E-state index contributed by atoms with van der Waals surface area (Å²) in [6.07, 6.45) is 80.4. The molecule has 0 aliphatic heterocycles. The van der Waals surface area contributed by atoms with Crippen molar-refractivity contribution in [3.05, 3.63) is 122 Å². The highest BCUT2D eigenvalue weighted by Crippen LogP contribution is 2.13. The first-order chi connectivity index (χ1) is 35.0. The van der Waals surface area contributed by atoms with Gasteiger partial charge in [-0.1, -0.05) is 219 Å². The summed E-state index contributed by atoms with van der Waals surface area (Å²) in [7, 11) is 0. The molecule has 0 fully saturated rings. The van der Waals surface area contributed by atoms with Crippen LogP contribution in [-0.4, -0.2) is 37.2 Å². The van der Waals surface area contributed by atoms with Crippen molar-refractivity contribution >= 4 is 17.9 Å². The molecule has 0 amide bonds. The van der Waals surface area contributed by atoms with E-state index in [9.17, 15) is 14.4 Å². The summed E-state index contributed by atoms with van der Waals surface area (Å²) in [6.45, 7) is 6.42. The maximum atomic E-state index is 12.9. The van der Waals surface area contributed by atoms with Gasteiger partial charge >= 0.3 is 17.9 Å². The monoisotopic (exact) mass is 983 g/mol. The number of hydrogen-bond donors (Lipinski definition) is 0. The molecule has 0 spiro atoms. The maximum Gasteiger partial charge on any atom is 0.306 e. The number of hydrogen-bond acceptors (Lipinski definition) is 6. The molecule has 0 N–H and O–H groups in total. The number of rotatable bonds is 51. The number of ether oxygens (including phenoxy) is 3. The van der Waals surface area contributed by atoms with Crippen LogP contribution in [-0.2, 0) is 28.6 Å². The third kappa shape index (κ3) is 56.6. The lowest BCUT2D eigenvalue weighted by molar-refractivity contribution is -0.167. The fourth-order valence-electron chi connectivity index (χ4n) is 7.56. The molecular weight excluding hydrogens is 877 g/mol. The molecule has 0 heterocycles. The number of carbonyl (C=O) groups is 3. The number of allylic oxidation sites excluding steroid dienone is 20. The van der Waals surface area contributed by atoms with Crippen molar-refractivity contribution in [2.24, 2.45) is 0 Å². The molecule has 0 unspecified atom stereocenters. The van der Waals surface area contributed by atoms with Gasteiger partial charge < -0.3 is 14.2 Å². The molecule has 0 bridgehead atoms. The first-order valence-corrected chi connectivity index (χ1v) is 29.0. The Bertz CT molecular complexity index is 1500. The molecule has 402 valence electrons. The van der Waals surface area contributed by atoms with Crippen molar-refractivity contribution < 1.29 is 28.6 Å². The van der Waals surface area contributed by atoms with Crippen molar-refractivity contribution in [2.45, 2.75) is 258 Å². The van der Waals surface area contributed by atoms with E-state index < -0.39 is 6.10 Å². The Balaban J connectivity index is 4.53. The summed E-state index contributed by atoms with van der Waals surface area (Å²) >= 11 is 0. The minimum Gasteiger partial charge on any atom is -0.462 e. The van der Waals surface area contributed by atoms with E-state index in [0.717, 1.165) is 135 Å². The van der Waals surface area contributed by atoms with Gasteiger partial charge in [-0.2, -0.15) is 0 Å². The van der Waals surface area contributed by atoms with Crippen molar-refractivity contribution in [1.29, 1.82) is 0 Å². The SMILES string of the molecule is CC/C=C\C/C=C\C/C=C\C/C=C\CCCCCCC(=O)OC[C@H](COC(=O)CCCCCCCCC/C=C\C/C=C\CCCCC)OC(=O)CCCCC/C=C\C/C=C\C/C=C\C/C=C\CCCCC. The van der Waals surface area contributed by atoms with Gasteiger partial charge in [0.25, 0.3) is 0 Å². The molecule has 0 aromatic rings. The minimum absolute atomic E-state index is 0.106. The van der Waals surface area contributed by atoms with Crippen LogP contribution in [0, 0.1) is 0 Å². The Morgan fingerprint density at radius 1 is 0.296 bits per heavy atom. The van der Waals surface area contributed by atoms with Crippen LogP contribution in [0.1, 0.15) is 252 Å². The van der Waals surface area contributed by atoms with Crippen molar-refractivity contribution in [3.8, 4) is 0 Å². The van der Waals surface area contributed by atoms with E-state index in [1.165, 1.54) is 77.0 Å². The van der Waals surface area contributed by atoms with Gasteiger partial charge in [0.1, 0.15) is 13.2 Å². The Labute approximate surface area is 437 Å². The van der Waals surface area contributed by atoms with Gasteiger partial charge in [0, 0.05) is 19.3 Å². The molecular formula is C65H106O6. The maximum absolute atomic E-state index is 12.9. The van der Waals surface area contributed by atoms with E-state index in [1.54, 1.807) is 0 Å². The summed E-state index contributed by atoms with van der Waals surface area (Å²) in [5, 5.41) is 0. The molecule has 0 aliphatic rings. The lowest BCUT2D eigenvalue weighted by atomic mass is 10.1. The highest BCUT2D eigenvalue weighted by Gasteiger charge is 2.19. The largest absolute Gasteiger partial charge is 0.462 e. The minimum atomic E-state index is -0.813. The van der Waals surface area contributed by atoms with E-state index in [-0.39, 0.29) is 37.5 Å². The molecule has 0 aromatic heterocycles. The summed E-state index contributed by atoms with van der Waals surface area (Å²) in [4.78, 5) is 38.2. The van der Waals surface area contributed by atoms with Gasteiger partial charge in [-0.15, -0.1) is 0 Å². The number of unbranched alkanes of at least 4 members (excludes halogenated alkanes) is 20. The molecule has 71 heavy (non-hydrogen) atoms. The molecule has 0 radical (unpaired) electrons. The molecule has 0 saturated carbocycles. The van der Waals surface area contributed by atoms with E-state index in [2.05, 4.69) is 142 Å². The quantitative estimate of drug-likeness (QED) is 0.0261. The van der Waals surface area contributed by atoms with Gasteiger partial charge in [-0.25, -0.2) is 0 Å².